The molecule has 1 N–H and O–H groups in total. The molecule has 1 aromatic carbocycles. The van der Waals surface area contributed by atoms with E-state index in [1.165, 1.54) is 17.0 Å². The van der Waals surface area contributed by atoms with Crippen LogP contribution in [-0.4, -0.2) is 25.5 Å². The first-order valence-corrected chi connectivity index (χ1v) is 6.08. The molecule has 7 heteroatoms. The molecule has 1 heterocycles. The van der Waals surface area contributed by atoms with Crippen LogP contribution in [-0.2, 0) is 11.0 Å². The van der Waals surface area contributed by atoms with Crippen LogP contribution in [0.3, 0.4) is 0 Å². The summed E-state index contributed by atoms with van der Waals surface area (Å²) in [5, 5.41) is 2.46. The molecule has 1 saturated heterocycles. The smallest absolute Gasteiger partial charge is 0.311 e. The van der Waals surface area contributed by atoms with E-state index in [2.05, 4.69) is 5.32 Å². The number of nitrogens with one attached hydrogen (secondary N) is 1. The molecule has 1 aromatic rings. The highest BCUT2D eigenvalue weighted by molar-refractivity contribution is 6.31. The molecule has 0 saturated carbocycles. The average molecular weight is 293 g/mol. The molecule has 1 unspecified atom stereocenters. The quantitative estimate of drug-likeness (QED) is 0.909. The van der Waals surface area contributed by atoms with Crippen LogP contribution in [0.15, 0.2) is 18.2 Å². The molecule has 104 valence electrons. The van der Waals surface area contributed by atoms with E-state index in [4.69, 9.17) is 11.6 Å². The number of hydrogen-bond acceptors (Lipinski definition) is 2. The SMILES string of the molecule is CNC1CCN(c2ccc(Cl)c(C(F)(F)F)c2)C1=O. The van der Waals surface area contributed by atoms with Crippen molar-refractivity contribution in [2.24, 2.45) is 0 Å². The molecule has 1 fully saturated rings. The lowest BCUT2D eigenvalue weighted by molar-refractivity contribution is -0.137. The van der Waals surface area contributed by atoms with Crippen LogP contribution in [0.2, 0.25) is 5.02 Å². The summed E-state index contributed by atoms with van der Waals surface area (Å²) in [6, 6.07) is 3.16. The standard InChI is InChI=1S/C12H12ClF3N2O/c1-17-10-4-5-18(11(10)19)7-2-3-9(13)8(6-7)12(14,15)16/h2-3,6,10,17H,4-5H2,1H3. The molecule has 0 spiro atoms. The first kappa shape index (κ1) is 14.1. The third-order valence-electron chi connectivity index (χ3n) is 3.12. The van der Waals surface area contributed by atoms with Crippen molar-refractivity contribution in [3.63, 3.8) is 0 Å². The van der Waals surface area contributed by atoms with Crippen LogP contribution in [0.4, 0.5) is 18.9 Å². The van der Waals surface area contributed by atoms with Gasteiger partial charge in [0.1, 0.15) is 0 Å². The van der Waals surface area contributed by atoms with Crippen molar-refractivity contribution >= 4 is 23.2 Å². The molecular formula is C12H12ClF3N2O. The molecule has 1 atom stereocenters. The summed E-state index contributed by atoms with van der Waals surface area (Å²) in [6.07, 6.45) is -3.96. The maximum atomic E-state index is 12.8. The van der Waals surface area contributed by atoms with Gasteiger partial charge in [0.2, 0.25) is 5.91 Å². The van der Waals surface area contributed by atoms with Crippen molar-refractivity contribution < 1.29 is 18.0 Å². The minimum absolute atomic E-state index is 0.222. The van der Waals surface area contributed by atoms with E-state index in [-0.39, 0.29) is 22.7 Å². The molecule has 0 radical (unpaired) electrons. The third kappa shape index (κ3) is 2.69. The van der Waals surface area contributed by atoms with Gasteiger partial charge in [-0.15, -0.1) is 0 Å². The zero-order valence-corrected chi connectivity index (χ0v) is 10.8. The van der Waals surface area contributed by atoms with Gasteiger partial charge < -0.3 is 10.2 Å². The molecule has 3 nitrogen and oxygen atoms in total. The first-order chi connectivity index (χ1) is 8.84. The number of carbonyl (C=O) groups excluding carboxylic acids is 1. The highest BCUT2D eigenvalue weighted by Gasteiger charge is 2.36. The molecule has 1 aliphatic heterocycles. The molecule has 19 heavy (non-hydrogen) atoms. The average Bonchev–Trinajstić information content (AvgIpc) is 2.70. The Kier molecular flexibility index (Phi) is 3.73. The van der Waals surface area contributed by atoms with Gasteiger partial charge >= 0.3 is 6.18 Å². The highest BCUT2D eigenvalue weighted by atomic mass is 35.5. The summed E-state index contributed by atoms with van der Waals surface area (Å²) in [4.78, 5) is 13.3. The fourth-order valence-corrected chi connectivity index (χ4v) is 2.33. The normalized spacial score (nSPS) is 20.2. The lowest BCUT2D eigenvalue weighted by atomic mass is 10.2. The van der Waals surface area contributed by atoms with Crippen molar-refractivity contribution in [2.75, 3.05) is 18.5 Å². The Morgan fingerprint density at radius 2 is 2.11 bits per heavy atom. The number of halogens is 4. The summed E-state index contributed by atoms with van der Waals surface area (Å²) < 4.78 is 38.3. The maximum absolute atomic E-state index is 12.8. The van der Waals surface area contributed by atoms with E-state index in [0.717, 1.165) is 6.07 Å². The Balaban J connectivity index is 2.35. The summed E-state index contributed by atoms with van der Waals surface area (Å²) in [6.45, 7) is 0.392. The summed E-state index contributed by atoms with van der Waals surface area (Å²) in [5.41, 5.74) is -0.702. The second-order valence-corrected chi connectivity index (χ2v) is 4.69. The van der Waals surface area contributed by atoms with Crippen LogP contribution >= 0.6 is 11.6 Å². The number of amides is 1. The highest BCUT2D eigenvalue weighted by Crippen LogP contribution is 2.37. The van der Waals surface area contributed by atoms with Crippen molar-refractivity contribution in [3.05, 3.63) is 28.8 Å². The van der Waals surface area contributed by atoms with Crippen LogP contribution in [0, 0.1) is 0 Å². The molecule has 0 bridgehead atoms. The Morgan fingerprint density at radius 1 is 1.42 bits per heavy atom. The number of benzene rings is 1. The molecule has 1 amide bonds. The number of nitrogens with zero attached hydrogens (tertiary/aromatic N) is 1. The van der Waals surface area contributed by atoms with Crippen LogP contribution in [0.5, 0.6) is 0 Å². The number of hydrogen-bond donors (Lipinski definition) is 1. The Morgan fingerprint density at radius 3 is 2.63 bits per heavy atom. The largest absolute Gasteiger partial charge is 0.417 e. The predicted molar refractivity (Wildman–Crippen MR) is 66.3 cm³/mol. The van der Waals surface area contributed by atoms with Crippen molar-refractivity contribution in [1.82, 2.24) is 5.32 Å². The molecule has 2 rings (SSSR count). The topological polar surface area (TPSA) is 32.3 Å². The first-order valence-electron chi connectivity index (χ1n) is 5.70. The van der Waals surface area contributed by atoms with E-state index in [1.54, 1.807) is 7.05 Å². The van der Waals surface area contributed by atoms with E-state index in [9.17, 15) is 18.0 Å². The van der Waals surface area contributed by atoms with Crippen LogP contribution in [0.25, 0.3) is 0 Å². The Hall–Kier alpha value is -1.27. The van der Waals surface area contributed by atoms with Crippen molar-refractivity contribution in [3.8, 4) is 0 Å². The predicted octanol–water partition coefficient (Wildman–Crippen LogP) is 2.68. The minimum Gasteiger partial charge on any atom is -0.311 e. The number of carbonyl (C=O) groups is 1. The van der Waals surface area contributed by atoms with Gasteiger partial charge in [0.05, 0.1) is 16.6 Å². The van der Waals surface area contributed by atoms with Crippen molar-refractivity contribution in [1.29, 1.82) is 0 Å². The van der Waals surface area contributed by atoms with E-state index in [0.29, 0.717) is 13.0 Å². The van der Waals surface area contributed by atoms with Crippen molar-refractivity contribution in [2.45, 2.75) is 18.6 Å². The Bertz CT molecular complexity index is 504. The number of rotatable bonds is 2. The minimum atomic E-state index is -4.53. The van der Waals surface area contributed by atoms with Gasteiger partial charge in [-0.1, -0.05) is 11.6 Å². The van der Waals surface area contributed by atoms with Crippen LogP contribution < -0.4 is 10.2 Å². The van der Waals surface area contributed by atoms with Gasteiger partial charge in [-0.05, 0) is 31.7 Å². The van der Waals surface area contributed by atoms with Gasteiger partial charge in [-0.25, -0.2) is 0 Å². The lowest BCUT2D eigenvalue weighted by Crippen LogP contribution is -2.36. The van der Waals surface area contributed by atoms with Crippen LogP contribution in [0.1, 0.15) is 12.0 Å². The number of anilines is 1. The van der Waals surface area contributed by atoms with Gasteiger partial charge in [0, 0.05) is 12.2 Å². The lowest BCUT2D eigenvalue weighted by Gasteiger charge is -2.19. The van der Waals surface area contributed by atoms with Gasteiger partial charge in [-0.3, -0.25) is 4.79 Å². The molecular weight excluding hydrogens is 281 g/mol. The third-order valence-corrected chi connectivity index (χ3v) is 3.45. The molecule has 0 aliphatic carbocycles. The zero-order chi connectivity index (χ0) is 14.2. The van der Waals surface area contributed by atoms with Gasteiger partial charge in [0.15, 0.2) is 0 Å². The van der Waals surface area contributed by atoms with E-state index >= 15 is 0 Å². The summed E-state index contributed by atoms with van der Waals surface area (Å²) in [5.74, 6) is -0.224. The summed E-state index contributed by atoms with van der Waals surface area (Å²) >= 11 is 5.54. The van der Waals surface area contributed by atoms with E-state index < -0.39 is 11.7 Å². The summed E-state index contributed by atoms with van der Waals surface area (Å²) in [7, 11) is 1.65. The molecule has 1 aliphatic rings. The fraction of sp³-hybridized carbons (Fsp3) is 0.417. The maximum Gasteiger partial charge on any atom is 0.417 e. The van der Waals surface area contributed by atoms with Gasteiger partial charge in [-0.2, -0.15) is 13.2 Å². The second-order valence-electron chi connectivity index (χ2n) is 4.28. The van der Waals surface area contributed by atoms with Gasteiger partial charge in [0.25, 0.3) is 0 Å². The zero-order valence-electron chi connectivity index (χ0n) is 10.1. The Labute approximate surface area is 113 Å². The molecule has 0 aromatic heterocycles. The number of likely N-dealkylation sites (N-methyl/N-ethyl adjacent to an activating group) is 1. The monoisotopic (exact) mass is 292 g/mol. The number of alkyl halides is 3. The fourth-order valence-electron chi connectivity index (χ4n) is 2.10. The van der Waals surface area contributed by atoms with E-state index in [1.807, 2.05) is 0 Å². The second kappa shape index (κ2) is 5.02.